The summed E-state index contributed by atoms with van der Waals surface area (Å²) in [5, 5.41) is 8.28. The van der Waals surface area contributed by atoms with Gasteiger partial charge in [0, 0.05) is 12.4 Å². The lowest BCUT2D eigenvalue weighted by atomic mass is 10.7. The number of aromatic nitrogens is 2. The van der Waals surface area contributed by atoms with E-state index in [0.717, 1.165) is 0 Å². The maximum Gasteiger partial charge on any atom is 0.325 e. The molecule has 0 aliphatic rings. The van der Waals surface area contributed by atoms with Crippen molar-refractivity contribution < 1.29 is 9.90 Å². The van der Waals surface area contributed by atoms with Crippen molar-refractivity contribution in [3.63, 3.8) is 0 Å². The average molecular weight is 183 g/mol. The second-order valence-corrected chi connectivity index (χ2v) is 2.18. The molecular weight excluding hydrogens is 174 g/mol. The molecule has 1 aromatic rings. The molecule has 0 atom stereocenters. The van der Waals surface area contributed by atoms with Gasteiger partial charge in [-0.3, -0.25) is 10.2 Å². The molecule has 0 spiro atoms. The molecule has 0 aliphatic heterocycles. The lowest BCUT2D eigenvalue weighted by Gasteiger charge is -2.03. The Morgan fingerprint density at radius 3 is 3.08 bits per heavy atom. The van der Waals surface area contributed by atoms with Gasteiger partial charge in [0.1, 0.15) is 12.9 Å². The van der Waals surface area contributed by atoms with Crippen LogP contribution in [-0.2, 0) is 4.79 Å². The first kappa shape index (κ1) is 9.04. The Labute approximate surface area is 73.9 Å². The number of hydrogen-bond acceptors (Lipinski definition) is 3. The first-order valence-corrected chi connectivity index (χ1v) is 3.45. The van der Waals surface area contributed by atoms with Crippen LogP contribution in [0.25, 0.3) is 0 Å². The van der Waals surface area contributed by atoms with Crippen LogP contribution in [0.1, 0.15) is 0 Å². The summed E-state index contributed by atoms with van der Waals surface area (Å²) >= 11 is 0. The molecule has 1 aromatic heterocycles. The zero-order valence-corrected chi connectivity index (χ0v) is 6.71. The summed E-state index contributed by atoms with van der Waals surface area (Å²) in [5.41, 5.74) is 7.94. The standard InChI is InChI=1S/C6H9N5O2/c7-6(9-3-5(12)13)10-11-2-1-8-4-11/h1-2,4H,3H2,(H,12,13)(H3,7,9,10). The van der Waals surface area contributed by atoms with Crippen molar-refractivity contribution >= 4 is 11.9 Å². The maximum absolute atomic E-state index is 10.1. The van der Waals surface area contributed by atoms with Gasteiger partial charge >= 0.3 is 5.97 Å². The molecule has 70 valence electrons. The summed E-state index contributed by atoms with van der Waals surface area (Å²) in [6.07, 6.45) is 4.64. The van der Waals surface area contributed by atoms with Gasteiger partial charge in [-0.1, -0.05) is 0 Å². The molecule has 7 heteroatoms. The van der Waals surface area contributed by atoms with Crippen molar-refractivity contribution in [1.29, 1.82) is 0 Å². The minimum Gasteiger partial charge on any atom is -0.480 e. The lowest BCUT2D eigenvalue weighted by molar-refractivity contribution is -0.135. The minimum atomic E-state index is -1.03. The molecule has 0 bridgehead atoms. The summed E-state index contributed by atoms with van der Waals surface area (Å²) in [6.45, 7) is -0.354. The summed E-state index contributed by atoms with van der Waals surface area (Å²) in [5.74, 6) is -1.00. The van der Waals surface area contributed by atoms with E-state index in [1.807, 2.05) is 0 Å². The highest BCUT2D eigenvalue weighted by atomic mass is 16.4. The highest BCUT2D eigenvalue weighted by Gasteiger charge is 1.95. The monoisotopic (exact) mass is 183 g/mol. The van der Waals surface area contributed by atoms with E-state index in [-0.39, 0.29) is 12.5 Å². The number of carbonyl (C=O) groups is 1. The quantitative estimate of drug-likeness (QED) is 0.404. The van der Waals surface area contributed by atoms with E-state index in [0.29, 0.717) is 0 Å². The Kier molecular flexibility index (Phi) is 2.85. The minimum absolute atomic E-state index is 0.0281. The second-order valence-electron chi connectivity index (χ2n) is 2.18. The third kappa shape index (κ3) is 3.23. The summed E-state index contributed by atoms with van der Waals surface area (Å²) in [6, 6.07) is 0. The van der Waals surface area contributed by atoms with Crippen molar-refractivity contribution in [2.45, 2.75) is 0 Å². The molecular formula is C6H9N5O2. The van der Waals surface area contributed by atoms with Crippen LogP contribution in [0.2, 0.25) is 0 Å². The second kappa shape index (κ2) is 4.10. The van der Waals surface area contributed by atoms with Crippen LogP contribution in [-0.4, -0.2) is 33.2 Å². The molecule has 13 heavy (non-hydrogen) atoms. The fourth-order valence-corrected chi connectivity index (χ4v) is 0.646. The predicted molar refractivity (Wildman–Crippen MR) is 45.7 cm³/mol. The van der Waals surface area contributed by atoms with Gasteiger partial charge in [0.2, 0.25) is 5.96 Å². The van der Waals surface area contributed by atoms with Crippen LogP contribution in [0.5, 0.6) is 0 Å². The lowest BCUT2D eigenvalue weighted by Crippen LogP contribution is -2.30. The molecule has 0 saturated heterocycles. The summed E-state index contributed by atoms with van der Waals surface area (Å²) in [4.78, 5) is 17.4. The van der Waals surface area contributed by atoms with Gasteiger partial charge < -0.3 is 10.8 Å². The number of nitrogens with zero attached hydrogens (tertiary/aromatic N) is 3. The van der Waals surface area contributed by atoms with Gasteiger partial charge in [0.05, 0.1) is 0 Å². The molecule has 7 nitrogen and oxygen atoms in total. The van der Waals surface area contributed by atoms with Crippen molar-refractivity contribution in [1.82, 2.24) is 9.66 Å². The number of hydrogen-bond donors (Lipinski definition) is 3. The van der Waals surface area contributed by atoms with Gasteiger partial charge in [-0.2, -0.15) is 0 Å². The third-order valence-corrected chi connectivity index (χ3v) is 1.13. The number of aliphatic carboxylic acids is 1. The number of aliphatic imine (C=N–C) groups is 1. The van der Waals surface area contributed by atoms with Crippen molar-refractivity contribution in [2.24, 2.45) is 10.7 Å². The maximum atomic E-state index is 10.1. The average Bonchev–Trinajstić information content (AvgIpc) is 2.53. The number of carboxylic acids is 1. The van der Waals surface area contributed by atoms with Crippen molar-refractivity contribution in [3.05, 3.63) is 18.7 Å². The third-order valence-electron chi connectivity index (χ3n) is 1.13. The summed E-state index contributed by atoms with van der Waals surface area (Å²) < 4.78 is 1.46. The Morgan fingerprint density at radius 2 is 2.54 bits per heavy atom. The largest absolute Gasteiger partial charge is 0.480 e. The van der Waals surface area contributed by atoms with Crippen LogP contribution in [0.3, 0.4) is 0 Å². The van der Waals surface area contributed by atoms with Crippen LogP contribution in [0.4, 0.5) is 0 Å². The fraction of sp³-hybridized carbons (Fsp3) is 0.167. The Hall–Kier alpha value is -2.05. The molecule has 1 heterocycles. The Bertz CT molecular complexity index is 305. The number of rotatable bonds is 3. The summed E-state index contributed by atoms with van der Waals surface area (Å²) in [7, 11) is 0. The van der Waals surface area contributed by atoms with E-state index in [1.54, 1.807) is 12.4 Å². The van der Waals surface area contributed by atoms with Gasteiger partial charge in [0.25, 0.3) is 0 Å². The van der Waals surface area contributed by atoms with Crippen molar-refractivity contribution in [3.8, 4) is 0 Å². The van der Waals surface area contributed by atoms with E-state index in [4.69, 9.17) is 10.8 Å². The normalized spacial score (nSPS) is 11.2. The Morgan fingerprint density at radius 1 is 1.77 bits per heavy atom. The van der Waals surface area contributed by atoms with E-state index in [2.05, 4.69) is 15.4 Å². The van der Waals surface area contributed by atoms with Crippen LogP contribution >= 0.6 is 0 Å². The molecule has 0 aliphatic carbocycles. The van der Waals surface area contributed by atoms with E-state index in [9.17, 15) is 4.79 Å². The smallest absolute Gasteiger partial charge is 0.325 e. The van der Waals surface area contributed by atoms with Crippen LogP contribution in [0, 0.1) is 0 Å². The zero-order valence-electron chi connectivity index (χ0n) is 6.71. The van der Waals surface area contributed by atoms with Gasteiger partial charge in [-0.15, -0.1) is 0 Å². The number of guanidine groups is 1. The number of nitrogens with one attached hydrogen (secondary N) is 1. The zero-order chi connectivity index (χ0) is 9.68. The van der Waals surface area contributed by atoms with Crippen LogP contribution < -0.4 is 11.2 Å². The number of imidazole rings is 1. The first-order valence-electron chi connectivity index (χ1n) is 3.45. The molecule has 0 aromatic carbocycles. The topological polar surface area (TPSA) is 106 Å². The molecule has 0 unspecified atom stereocenters. The Balaban J connectivity index is 2.45. The fourth-order valence-electron chi connectivity index (χ4n) is 0.646. The van der Waals surface area contributed by atoms with E-state index >= 15 is 0 Å². The van der Waals surface area contributed by atoms with Gasteiger partial charge in [-0.05, 0) is 0 Å². The van der Waals surface area contributed by atoms with E-state index in [1.165, 1.54) is 11.0 Å². The van der Waals surface area contributed by atoms with Crippen LogP contribution in [0.15, 0.2) is 23.7 Å². The molecule has 0 amide bonds. The number of nitrogens with two attached hydrogens (primary N) is 1. The molecule has 1 rings (SSSR count). The van der Waals surface area contributed by atoms with E-state index < -0.39 is 5.97 Å². The SMILES string of the molecule is NC(=NCC(=O)O)Nn1ccnc1. The highest BCUT2D eigenvalue weighted by Crippen LogP contribution is 1.79. The molecule has 0 saturated carbocycles. The molecule has 0 radical (unpaired) electrons. The highest BCUT2D eigenvalue weighted by molar-refractivity contribution is 5.87. The molecule has 0 fully saturated rings. The first-order chi connectivity index (χ1) is 6.18. The molecule has 4 N–H and O–H groups in total. The number of carboxylic acid groups (broad SMARTS) is 1. The van der Waals surface area contributed by atoms with Gasteiger partial charge in [0.15, 0.2) is 0 Å². The van der Waals surface area contributed by atoms with Gasteiger partial charge in [-0.25, -0.2) is 14.7 Å². The predicted octanol–water partition coefficient (Wildman–Crippen LogP) is -1.17. The van der Waals surface area contributed by atoms with Crippen molar-refractivity contribution in [2.75, 3.05) is 12.0 Å².